The van der Waals surface area contributed by atoms with Crippen molar-refractivity contribution in [2.75, 3.05) is 6.54 Å². The number of carbonyl (C=O) groups excluding carboxylic acids is 1. The van der Waals surface area contributed by atoms with Crippen LogP contribution < -0.4 is 5.73 Å². The van der Waals surface area contributed by atoms with E-state index in [-0.39, 0.29) is 11.7 Å². The summed E-state index contributed by atoms with van der Waals surface area (Å²) in [4.78, 5) is 14.0. The molecule has 0 spiro atoms. The molecule has 0 radical (unpaired) electrons. The Balaban J connectivity index is 2.78. The van der Waals surface area contributed by atoms with Crippen molar-refractivity contribution in [2.24, 2.45) is 5.73 Å². The van der Waals surface area contributed by atoms with Gasteiger partial charge in [0.1, 0.15) is 5.82 Å². The minimum atomic E-state index is -0.483. The summed E-state index contributed by atoms with van der Waals surface area (Å²) in [6.45, 7) is 4.99. The average Bonchev–Trinajstić information content (AvgIpc) is 2.45. The summed E-state index contributed by atoms with van der Waals surface area (Å²) < 4.78 is 13.7. The van der Waals surface area contributed by atoms with Gasteiger partial charge in [0.2, 0.25) is 5.91 Å². The Labute approximate surface area is 121 Å². The first kappa shape index (κ1) is 16.6. The highest BCUT2D eigenvalue weighted by atomic mass is 19.1. The molecule has 0 aliphatic rings. The number of nitrogens with two attached hydrogens (primary N) is 1. The van der Waals surface area contributed by atoms with Crippen molar-refractivity contribution in [1.82, 2.24) is 4.90 Å². The maximum absolute atomic E-state index is 13.7. The van der Waals surface area contributed by atoms with Crippen LogP contribution in [0.2, 0.25) is 0 Å². The van der Waals surface area contributed by atoms with Crippen molar-refractivity contribution in [3.05, 3.63) is 35.6 Å². The van der Waals surface area contributed by atoms with Gasteiger partial charge in [0, 0.05) is 18.7 Å². The van der Waals surface area contributed by atoms with Crippen LogP contribution in [-0.4, -0.2) is 23.4 Å². The van der Waals surface area contributed by atoms with Gasteiger partial charge in [-0.05, 0) is 18.9 Å². The first-order valence-electron chi connectivity index (χ1n) is 7.37. The summed E-state index contributed by atoms with van der Waals surface area (Å²) in [6.07, 6.45) is 3.43. The summed E-state index contributed by atoms with van der Waals surface area (Å²) in [6, 6.07) is 6.09. The van der Waals surface area contributed by atoms with Crippen LogP contribution >= 0.6 is 0 Å². The van der Waals surface area contributed by atoms with E-state index in [0.717, 1.165) is 19.3 Å². The molecule has 4 heteroatoms. The Morgan fingerprint density at radius 1 is 1.30 bits per heavy atom. The SMILES string of the molecule is CCCCN(Cc1ccccc1F)C(=O)C(N)CCC. The molecule has 1 atom stereocenters. The molecule has 0 heterocycles. The second-order valence-corrected chi connectivity index (χ2v) is 5.10. The van der Waals surface area contributed by atoms with E-state index in [2.05, 4.69) is 6.92 Å². The molecule has 0 bridgehead atoms. The molecule has 112 valence electrons. The lowest BCUT2D eigenvalue weighted by molar-refractivity contribution is -0.133. The lowest BCUT2D eigenvalue weighted by atomic mass is 10.1. The standard InChI is InChI=1S/C16H25FN2O/c1-3-5-11-19(16(20)15(18)8-4-2)12-13-9-6-7-10-14(13)17/h6-7,9-10,15H,3-5,8,11-12,18H2,1-2H3. The van der Waals surface area contributed by atoms with Crippen molar-refractivity contribution in [3.63, 3.8) is 0 Å². The third kappa shape index (κ3) is 4.93. The van der Waals surface area contributed by atoms with E-state index in [1.807, 2.05) is 6.92 Å². The number of rotatable bonds is 8. The number of halogens is 1. The van der Waals surface area contributed by atoms with Crippen LogP contribution in [-0.2, 0) is 11.3 Å². The van der Waals surface area contributed by atoms with Gasteiger partial charge >= 0.3 is 0 Å². The second-order valence-electron chi connectivity index (χ2n) is 5.10. The molecule has 0 saturated heterocycles. The molecule has 0 fully saturated rings. The fraction of sp³-hybridized carbons (Fsp3) is 0.562. The maximum atomic E-state index is 13.7. The predicted molar refractivity (Wildman–Crippen MR) is 79.6 cm³/mol. The topological polar surface area (TPSA) is 46.3 Å². The number of unbranched alkanes of at least 4 members (excludes halogenated alkanes) is 1. The highest BCUT2D eigenvalue weighted by Crippen LogP contribution is 2.12. The van der Waals surface area contributed by atoms with E-state index in [0.29, 0.717) is 25.1 Å². The fourth-order valence-electron chi connectivity index (χ4n) is 2.12. The molecule has 2 N–H and O–H groups in total. The number of benzene rings is 1. The summed E-state index contributed by atoms with van der Waals surface area (Å²) >= 11 is 0. The molecule has 1 unspecified atom stereocenters. The Morgan fingerprint density at radius 2 is 2.00 bits per heavy atom. The Hall–Kier alpha value is -1.42. The molecule has 20 heavy (non-hydrogen) atoms. The van der Waals surface area contributed by atoms with E-state index >= 15 is 0 Å². The lowest BCUT2D eigenvalue weighted by Crippen LogP contribution is -2.43. The summed E-state index contributed by atoms with van der Waals surface area (Å²) in [5.41, 5.74) is 6.45. The van der Waals surface area contributed by atoms with Crippen LogP contribution in [0.25, 0.3) is 0 Å². The second kappa shape index (κ2) is 8.69. The molecule has 0 aliphatic heterocycles. The van der Waals surface area contributed by atoms with Gasteiger partial charge in [-0.3, -0.25) is 4.79 Å². The van der Waals surface area contributed by atoms with Crippen molar-refractivity contribution in [2.45, 2.75) is 52.1 Å². The Bertz CT molecular complexity index is 423. The summed E-state index contributed by atoms with van der Waals surface area (Å²) in [5.74, 6) is -0.352. The van der Waals surface area contributed by atoms with Crippen LogP contribution in [0.1, 0.15) is 45.1 Å². The summed E-state index contributed by atoms with van der Waals surface area (Å²) in [7, 11) is 0. The zero-order valence-electron chi connectivity index (χ0n) is 12.4. The molecule has 1 rings (SSSR count). The lowest BCUT2D eigenvalue weighted by Gasteiger charge is -2.26. The normalized spacial score (nSPS) is 12.2. The Morgan fingerprint density at radius 3 is 2.60 bits per heavy atom. The fourth-order valence-corrected chi connectivity index (χ4v) is 2.12. The molecule has 3 nitrogen and oxygen atoms in total. The van der Waals surface area contributed by atoms with E-state index in [1.165, 1.54) is 6.07 Å². The molecular formula is C16H25FN2O. The van der Waals surface area contributed by atoms with Crippen LogP contribution in [0.3, 0.4) is 0 Å². The maximum Gasteiger partial charge on any atom is 0.239 e. The van der Waals surface area contributed by atoms with E-state index in [1.54, 1.807) is 23.1 Å². The first-order chi connectivity index (χ1) is 9.60. The zero-order chi connectivity index (χ0) is 15.0. The quantitative estimate of drug-likeness (QED) is 0.795. The van der Waals surface area contributed by atoms with Gasteiger partial charge in [-0.15, -0.1) is 0 Å². The van der Waals surface area contributed by atoms with Crippen LogP contribution in [0, 0.1) is 5.82 Å². The first-order valence-corrected chi connectivity index (χ1v) is 7.37. The van der Waals surface area contributed by atoms with Crippen LogP contribution in [0.4, 0.5) is 4.39 Å². The number of nitrogens with zero attached hydrogens (tertiary/aromatic N) is 1. The molecule has 0 aromatic heterocycles. The third-order valence-electron chi connectivity index (χ3n) is 3.33. The smallest absolute Gasteiger partial charge is 0.239 e. The number of amides is 1. The van der Waals surface area contributed by atoms with Gasteiger partial charge in [0.15, 0.2) is 0 Å². The summed E-state index contributed by atoms with van der Waals surface area (Å²) in [5, 5.41) is 0. The van der Waals surface area contributed by atoms with Crippen LogP contribution in [0.15, 0.2) is 24.3 Å². The number of hydrogen-bond donors (Lipinski definition) is 1. The molecule has 1 aromatic carbocycles. The van der Waals surface area contributed by atoms with Gasteiger partial charge in [0.05, 0.1) is 6.04 Å². The third-order valence-corrected chi connectivity index (χ3v) is 3.33. The van der Waals surface area contributed by atoms with Crippen molar-refractivity contribution in [3.8, 4) is 0 Å². The Kier molecular flexibility index (Phi) is 7.23. The molecule has 1 amide bonds. The monoisotopic (exact) mass is 280 g/mol. The highest BCUT2D eigenvalue weighted by Gasteiger charge is 2.20. The number of hydrogen-bond acceptors (Lipinski definition) is 2. The van der Waals surface area contributed by atoms with E-state index in [9.17, 15) is 9.18 Å². The molecule has 1 aromatic rings. The largest absolute Gasteiger partial charge is 0.337 e. The molecular weight excluding hydrogens is 255 g/mol. The molecule has 0 saturated carbocycles. The zero-order valence-corrected chi connectivity index (χ0v) is 12.4. The van der Waals surface area contributed by atoms with Crippen molar-refractivity contribution < 1.29 is 9.18 Å². The average molecular weight is 280 g/mol. The van der Waals surface area contributed by atoms with Gasteiger partial charge < -0.3 is 10.6 Å². The minimum absolute atomic E-state index is 0.0800. The van der Waals surface area contributed by atoms with Crippen molar-refractivity contribution >= 4 is 5.91 Å². The van der Waals surface area contributed by atoms with Gasteiger partial charge in [-0.2, -0.15) is 0 Å². The van der Waals surface area contributed by atoms with E-state index in [4.69, 9.17) is 5.73 Å². The molecule has 0 aliphatic carbocycles. The van der Waals surface area contributed by atoms with Gasteiger partial charge in [0.25, 0.3) is 0 Å². The van der Waals surface area contributed by atoms with Crippen molar-refractivity contribution in [1.29, 1.82) is 0 Å². The van der Waals surface area contributed by atoms with Gasteiger partial charge in [-0.1, -0.05) is 44.9 Å². The highest BCUT2D eigenvalue weighted by molar-refractivity contribution is 5.81. The predicted octanol–water partition coefficient (Wildman–Crippen LogP) is 3.08. The van der Waals surface area contributed by atoms with Gasteiger partial charge in [-0.25, -0.2) is 4.39 Å². The van der Waals surface area contributed by atoms with Crippen LogP contribution in [0.5, 0.6) is 0 Å². The number of carbonyl (C=O) groups is 1. The minimum Gasteiger partial charge on any atom is -0.337 e. The van der Waals surface area contributed by atoms with E-state index < -0.39 is 6.04 Å².